The monoisotopic (exact) mass is 587 g/mol. The lowest BCUT2D eigenvalue weighted by molar-refractivity contribution is -0.125. The smallest absolute Gasteiger partial charge is 0.405 e. The molecule has 9 heteroatoms. The van der Waals surface area contributed by atoms with Gasteiger partial charge in [-0.1, -0.05) is 78.9 Å². The fourth-order valence-electron chi connectivity index (χ4n) is 5.24. The number of aryl methyl sites for hydroxylation is 2. The van der Waals surface area contributed by atoms with Crippen LogP contribution >= 0.6 is 11.3 Å². The molecule has 0 saturated heterocycles. The molecule has 0 spiro atoms. The van der Waals surface area contributed by atoms with Gasteiger partial charge in [0.1, 0.15) is 11.4 Å². The van der Waals surface area contributed by atoms with E-state index in [1.165, 1.54) is 11.3 Å². The summed E-state index contributed by atoms with van der Waals surface area (Å²) in [5, 5.41) is 14.7. The molecule has 0 bridgehead atoms. The van der Waals surface area contributed by atoms with Crippen LogP contribution in [-0.2, 0) is 28.8 Å². The second-order valence-electron chi connectivity index (χ2n) is 10.6. The van der Waals surface area contributed by atoms with Crippen molar-refractivity contribution in [1.82, 2.24) is 10.3 Å². The van der Waals surface area contributed by atoms with Crippen LogP contribution in [0.2, 0.25) is 0 Å². The number of ether oxygens (including phenoxy) is 2. The Kier molecular flexibility index (Phi) is 10.7. The Labute approximate surface area is 250 Å². The SMILES string of the molecule is Cc1cccc(C)c1OCC(=O)N[C@@H](Cc1ccccc1)[C@@H](O)C[C@@](Cc1ccccc1)(Cc1cncs1)OC(N)=O. The first-order valence-electron chi connectivity index (χ1n) is 13.8. The number of primary amides is 1. The van der Waals surface area contributed by atoms with Crippen LogP contribution in [0.4, 0.5) is 4.79 Å². The number of thiazole rings is 1. The summed E-state index contributed by atoms with van der Waals surface area (Å²) in [6.45, 7) is 3.64. The molecule has 42 heavy (non-hydrogen) atoms. The first-order chi connectivity index (χ1) is 20.2. The number of para-hydroxylation sites is 1. The maximum atomic E-state index is 13.2. The minimum atomic E-state index is -1.19. The van der Waals surface area contributed by atoms with Crippen molar-refractivity contribution in [3.63, 3.8) is 0 Å². The number of benzene rings is 3. The summed E-state index contributed by atoms with van der Waals surface area (Å²) in [6.07, 6.45) is 0.684. The van der Waals surface area contributed by atoms with E-state index in [9.17, 15) is 14.7 Å². The van der Waals surface area contributed by atoms with Crippen molar-refractivity contribution in [1.29, 1.82) is 0 Å². The summed E-state index contributed by atoms with van der Waals surface area (Å²) in [6, 6.07) is 24.3. The highest BCUT2D eigenvalue weighted by molar-refractivity contribution is 7.09. The third-order valence-corrected chi connectivity index (χ3v) is 7.89. The fraction of sp³-hybridized carbons (Fsp3) is 0.303. The van der Waals surface area contributed by atoms with Crippen LogP contribution < -0.4 is 15.8 Å². The molecule has 3 aromatic carbocycles. The standard InChI is InChI=1S/C33H37N3O5S/c1-23-10-9-11-24(2)31(23)40-21-30(38)36-28(16-25-12-5-3-6-13-25)29(37)19-33(41-32(34)39,18-27-20-35-22-42-27)17-26-14-7-4-8-15-26/h3-15,20,22,28-29,37H,16-19,21H2,1-2H3,(H2,34,39)(H,36,38)/t28-,29-,33+/m0/s1. The number of nitrogens with one attached hydrogen (secondary N) is 1. The molecule has 1 heterocycles. The number of aliphatic hydroxyl groups excluding tert-OH is 1. The zero-order valence-corrected chi connectivity index (χ0v) is 24.7. The average molecular weight is 588 g/mol. The van der Waals surface area contributed by atoms with E-state index in [2.05, 4.69) is 10.3 Å². The van der Waals surface area contributed by atoms with E-state index in [1.54, 1.807) is 11.7 Å². The number of nitrogens with two attached hydrogens (primary N) is 1. The number of amides is 2. The third-order valence-electron chi connectivity index (χ3n) is 7.11. The Morgan fingerprint density at radius 2 is 1.60 bits per heavy atom. The summed E-state index contributed by atoms with van der Waals surface area (Å²) in [5.41, 5.74) is 9.83. The van der Waals surface area contributed by atoms with Crippen LogP contribution in [0.3, 0.4) is 0 Å². The summed E-state index contributed by atoms with van der Waals surface area (Å²) >= 11 is 1.43. The molecule has 0 aliphatic heterocycles. The molecule has 2 amide bonds. The van der Waals surface area contributed by atoms with Gasteiger partial charge in [0.15, 0.2) is 6.61 Å². The van der Waals surface area contributed by atoms with Crippen molar-refractivity contribution in [2.45, 2.75) is 57.3 Å². The molecular formula is C33H37N3O5S. The molecule has 0 unspecified atom stereocenters. The summed E-state index contributed by atoms with van der Waals surface area (Å²) < 4.78 is 11.7. The largest absolute Gasteiger partial charge is 0.483 e. The summed E-state index contributed by atoms with van der Waals surface area (Å²) in [4.78, 5) is 30.5. The third kappa shape index (κ3) is 8.89. The van der Waals surface area contributed by atoms with Crippen molar-refractivity contribution in [2.75, 3.05) is 6.61 Å². The highest BCUT2D eigenvalue weighted by Crippen LogP contribution is 2.31. The van der Waals surface area contributed by atoms with Gasteiger partial charge in [-0.2, -0.15) is 0 Å². The predicted octanol–water partition coefficient (Wildman–Crippen LogP) is 4.94. The number of carbonyl (C=O) groups excluding carboxylic acids is 2. The Bertz CT molecular complexity index is 1410. The van der Waals surface area contributed by atoms with Crippen LogP contribution in [0.15, 0.2) is 90.6 Å². The van der Waals surface area contributed by atoms with E-state index in [0.29, 0.717) is 25.0 Å². The van der Waals surface area contributed by atoms with Crippen molar-refractivity contribution >= 4 is 23.3 Å². The second kappa shape index (κ2) is 14.6. The molecular weight excluding hydrogens is 550 g/mol. The van der Waals surface area contributed by atoms with Crippen LogP contribution in [0.1, 0.15) is 33.6 Å². The van der Waals surface area contributed by atoms with E-state index in [4.69, 9.17) is 15.2 Å². The average Bonchev–Trinajstić information content (AvgIpc) is 3.46. The molecule has 8 nitrogen and oxygen atoms in total. The molecule has 220 valence electrons. The first kappa shape index (κ1) is 30.7. The van der Waals surface area contributed by atoms with Gasteiger partial charge in [-0.3, -0.25) is 9.78 Å². The molecule has 3 atom stereocenters. The van der Waals surface area contributed by atoms with Crippen molar-refractivity contribution in [2.24, 2.45) is 5.73 Å². The topological polar surface area (TPSA) is 124 Å². The molecule has 4 rings (SSSR count). The normalized spacial score (nSPS) is 13.9. The molecule has 0 radical (unpaired) electrons. The lowest BCUT2D eigenvalue weighted by Crippen LogP contribution is -2.52. The summed E-state index contributed by atoms with van der Waals surface area (Å²) in [7, 11) is 0. The number of aliphatic hydroxyl groups is 1. The molecule has 0 fully saturated rings. The van der Waals surface area contributed by atoms with E-state index in [0.717, 1.165) is 27.1 Å². The van der Waals surface area contributed by atoms with Crippen molar-refractivity contribution < 1.29 is 24.2 Å². The molecule has 0 saturated carbocycles. The van der Waals surface area contributed by atoms with E-state index >= 15 is 0 Å². The maximum absolute atomic E-state index is 13.2. The Balaban J connectivity index is 1.59. The van der Waals surface area contributed by atoms with Crippen LogP contribution in [0.5, 0.6) is 5.75 Å². The van der Waals surface area contributed by atoms with E-state index in [-0.39, 0.29) is 18.9 Å². The molecule has 0 aliphatic carbocycles. The number of rotatable bonds is 14. The molecule has 4 aromatic rings. The van der Waals surface area contributed by atoms with Crippen LogP contribution in [0.25, 0.3) is 0 Å². The highest BCUT2D eigenvalue weighted by Gasteiger charge is 2.40. The first-order valence-corrected chi connectivity index (χ1v) is 14.7. The quantitative estimate of drug-likeness (QED) is 0.192. The van der Waals surface area contributed by atoms with Crippen LogP contribution in [-0.4, -0.2) is 46.4 Å². The number of aromatic nitrogens is 1. The number of carbonyl (C=O) groups is 2. The van der Waals surface area contributed by atoms with Gasteiger partial charge in [-0.15, -0.1) is 11.3 Å². The minimum Gasteiger partial charge on any atom is -0.483 e. The van der Waals surface area contributed by atoms with Gasteiger partial charge in [0.25, 0.3) is 5.91 Å². The van der Waals surface area contributed by atoms with Gasteiger partial charge >= 0.3 is 6.09 Å². The minimum absolute atomic E-state index is 0.0261. The van der Waals surface area contributed by atoms with Crippen LogP contribution in [0, 0.1) is 13.8 Å². The zero-order valence-electron chi connectivity index (χ0n) is 23.9. The number of hydrogen-bond donors (Lipinski definition) is 3. The Hall–Kier alpha value is -4.21. The lowest BCUT2D eigenvalue weighted by Gasteiger charge is -2.37. The van der Waals surface area contributed by atoms with Gasteiger partial charge in [-0.25, -0.2) is 4.79 Å². The van der Waals surface area contributed by atoms with Gasteiger partial charge in [0, 0.05) is 30.3 Å². The predicted molar refractivity (Wildman–Crippen MR) is 163 cm³/mol. The zero-order chi connectivity index (χ0) is 30.0. The van der Waals surface area contributed by atoms with Gasteiger partial charge < -0.3 is 25.6 Å². The molecule has 0 aliphatic rings. The Morgan fingerprint density at radius 1 is 0.952 bits per heavy atom. The van der Waals surface area contributed by atoms with E-state index < -0.39 is 23.8 Å². The fourth-order valence-corrected chi connectivity index (χ4v) is 5.96. The second-order valence-corrected chi connectivity index (χ2v) is 11.5. The molecule has 1 aromatic heterocycles. The van der Waals surface area contributed by atoms with Gasteiger partial charge in [0.2, 0.25) is 0 Å². The number of nitrogens with zero attached hydrogens (tertiary/aromatic N) is 1. The maximum Gasteiger partial charge on any atom is 0.405 e. The van der Waals surface area contributed by atoms with E-state index in [1.807, 2.05) is 92.7 Å². The highest BCUT2D eigenvalue weighted by atomic mass is 32.1. The Morgan fingerprint density at radius 3 is 2.19 bits per heavy atom. The van der Waals surface area contributed by atoms with Crippen molar-refractivity contribution in [3.8, 4) is 5.75 Å². The number of hydrogen-bond acceptors (Lipinski definition) is 7. The van der Waals surface area contributed by atoms with Gasteiger partial charge in [-0.05, 0) is 42.5 Å². The lowest BCUT2D eigenvalue weighted by atomic mass is 9.82. The van der Waals surface area contributed by atoms with Crippen molar-refractivity contribution in [3.05, 3.63) is 118 Å². The summed E-state index contributed by atoms with van der Waals surface area (Å²) in [5.74, 6) is 0.290. The van der Waals surface area contributed by atoms with Gasteiger partial charge in [0.05, 0.1) is 17.7 Å². The molecule has 4 N–H and O–H groups in total.